The van der Waals surface area contributed by atoms with Gasteiger partial charge in [0, 0.05) is 30.2 Å². The molecule has 0 bridgehead atoms. The van der Waals surface area contributed by atoms with Gasteiger partial charge in [-0.05, 0) is 18.1 Å². The van der Waals surface area contributed by atoms with Crippen LogP contribution in [0.2, 0.25) is 0 Å². The predicted molar refractivity (Wildman–Crippen MR) is 108 cm³/mol. The molecular weight excluding hydrogens is 364 g/mol. The van der Waals surface area contributed by atoms with E-state index in [0.29, 0.717) is 6.54 Å². The molecule has 2 heterocycles. The molecule has 0 saturated carbocycles. The van der Waals surface area contributed by atoms with E-state index >= 15 is 0 Å². The van der Waals surface area contributed by atoms with Crippen molar-refractivity contribution in [1.29, 1.82) is 0 Å². The second-order valence-corrected chi connectivity index (χ2v) is 6.06. The largest absolute Gasteiger partial charge is 0.364 e. The van der Waals surface area contributed by atoms with Gasteiger partial charge in [0.15, 0.2) is 0 Å². The summed E-state index contributed by atoms with van der Waals surface area (Å²) in [5, 5.41) is 0. The van der Waals surface area contributed by atoms with Gasteiger partial charge < -0.3 is 9.47 Å². The molecule has 0 saturated heterocycles. The van der Waals surface area contributed by atoms with Gasteiger partial charge in [-0.25, -0.2) is 0 Å². The Morgan fingerprint density at radius 2 is 2.00 bits per heavy atom. The Bertz CT molecular complexity index is 698. The van der Waals surface area contributed by atoms with E-state index in [2.05, 4.69) is 47.0 Å². The maximum Gasteiger partial charge on any atom is 0.252 e. The first kappa shape index (κ1) is 20.2. The highest BCUT2D eigenvalue weighted by Gasteiger charge is 2.22. The number of allylic oxidation sites excluding steroid dienone is 3. The minimum absolute atomic E-state index is 0.0385. The lowest BCUT2D eigenvalue weighted by Crippen LogP contribution is -2.38. The van der Waals surface area contributed by atoms with Gasteiger partial charge in [0.05, 0.1) is 11.4 Å². The van der Waals surface area contributed by atoms with Gasteiger partial charge in [0.2, 0.25) is 0 Å². The number of hydrogen-bond acceptors (Lipinski definition) is 2. The van der Waals surface area contributed by atoms with E-state index in [0.717, 1.165) is 40.9 Å². The SMILES string of the molecule is C=C/C=C(\C=C)CN1CCn2c(cc(Br)cc2=O)/C1=C\CC.CC. The first-order chi connectivity index (χ1) is 11.6. The Hall–Kier alpha value is -1.81. The number of pyridine rings is 1. The summed E-state index contributed by atoms with van der Waals surface area (Å²) in [7, 11) is 0. The number of aromatic nitrogens is 1. The Balaban J connectivity index is 0.00000139. The van der Waals surface area contributed by atoms with E-state index in [4.69, 9.17) is 0 Å². The van der Waals surface area contributed by atoms with Crippen molar-refractivity contribution >= 4 is 21.6 Å². The van der Waals surface area contributed by atoms with Gasteiger partial charge in [-0.2, -0.15) is 0 Å². The standard InChI is InChI=1S/C18H21BrN2O.C2H6/c1-4-7-14(6-3)13-20-9-10-21-17(16(20)8-5-2)11-15(19)12-18(21)22;1-2/h4,6-8,11-12H,1,3,5,9-10,13H2,2H3;1-2H3/b14-7+,16-8+;. The van der Waals surface area contributed by atoms with Crippen molar-refractivity contribution in [3.05, 3.63) is 75.7 Å². The zero-order valence-corrected chi connectivity index (χ0v) is 16.5. The highest BCUT2D eigenvalue weighted by atomic mass is 79.9. The molecule has 0 unspecified atom stereocenters. The molecule has 0 radical (unpaired) electrons. The molecule has 0 atom stereocenters. The smallest absolute Gasteiger partial charge is 0.252 e. The summed E-state index contributed by atoms with van der Waals surface area (Å²) >= 11 is 3.43. The number of fused-ring (bicyclic) bond motifs is 1. The molecule has 0 aromatic carbocycles. The van der Waals surface area contributed by atoms with Crippen molar-refractivity contribution in [3.8, 4) is 0 Å². The summed E-state index contributed by atoms with van der Waals surface area (Å²) < 4.78 is 2.66. The summed E-state index contributed by atoms with van der Waals surface area (Å²) in [5.74, 6) is 0. The molecule has 0 spiro atoms. The number of nitrogens with zero attached hydrogens (tertiary/aromatic N) is 2. The van der Waals surface area contributed by atoms with Crippen LogP contribution in [0, 0.1) is 0 Å². The summed E-state index contributed by atoms with van der Waals surface area (Å²) in [4.78, 5) is 14.5. The molecule has 1 aromatic rings. The van der Waals surface area contributed by atoms with Crippen LogP contribution in [0.15, 0.2) is 64.4 Å². The van der Waals surface area contributed by atoms with Crippen molar-refractivity contribution in [1.82, 2.24) is 9.47 Å². The third-order valence-corrected chi connectivity index (χ3v) is 4.11. The monoisotopic (exact) mass is 390 g/mol. The quantitative estimate of drug-likeness (QED) is 0.660. The summed E-state index contributed by atoms with van der Waals surface area (Å²) in [6.45, 7) is 16.0. The van der Waals surface area contributed by atoms with Gasteiger partial charge in [-0.1, -0.05) is 74.2 Å². The molecule has 130 valence electrons. The van der Waals surface area contributed by atoms with Crippen molar-refractivity contribution < 1.29 is 0 Å². The molecule has 2 rings (SSSR count). The van der Waals surface area contributed by atoms with Gasteiger partial charge in [-0.15, -0.1) is 0 Å². The maximum atomic E-state index is 12.2. The normalized spacial score (nSPS) is 15.4. The topological polar surface area (TPSA) is 25.2 Å². The third kappa shape index (κ3) is 4.84. The van der Waals surface area contributed by atoms with E-state index in [9.17, 15) is 4.79 Å². The fraction of sp³-hybridized carbons (Fsp3) is 0.350. The summed E-state index contributed by atoms with van der Waals surface area (Å²) in [6.07, 6.45) is 8.69. The molecule has 0 aliphatic carbocycles. The Labute approximate surface area is 153 Å². The molecule has 0 N–H and O–H groups in total. The molecule has 0 amide bonds. The van der Waals surface area contributed by atoms with Crippen molar-refractivity contribution in [3.63, 3.8) is 0 Å². The lowest BCUT2D eigenvalue weighted by molar-refractivity contribution is 0.369. The zero-order chi connectivity index (χ0) is 18.1. The minimum atomic E-state index is 0.0385. The molecule has 24 heavy (non-hydrogen) atoms. The minimum Gasteiger partial charge on any atom is -0.364 e. The van der Waals surface area contributed by atoms with E-state index in [1.165, 1.54) is 0 Å². The van der Waals surface area contributed by atoms with Crippen LogP contribution in [0.4, 0.5) is 0 Å². The predicted octanol–water partition coefficient (Wildman–Crippen LogP) is 5.00. The number of rotatable bonds is 5. The first-order valence-electron chi connectivity index (χ1n) is 8.40. The molecule has 1 aromatic heterocycles. The molecule has 1 aliphatic rings. The van der Waals surface area contributed by atoms with Crippen molar-refractivity contribution in [2.45, 2.75) is 33.7 Å². The van der Waals surface area contributed by atoms with Crippen LogP contribution in [-0.4, -0.2) is 22.6 Å². The number of halogens is 1. The average Bonchev–Trinajstić information content (AvgIpc) is 2.58. The van der Waals surface area contributed by atoms with Gasteiger partial charge in [-0.3, -0.25) is 4.79 Å². The highest BCUT2D eigenvalue weighted by Crippen LogP contribution is 2.26. The Morgan fingerprint density at radius 3 is 2.58 bits per heavy atom. The lowest BCUT2D eigenvalue weighted by Gasteiger charge is -2.34. The van der Waals surface area contributed by atoms with Crippen LogP contribution in [0.25, 0.3) is 5.70 Å². The van der Waals surface area contributed by atoms with Gasteiger partial charge in [0.1, 0.15) is 0 Å². The van der Waals surface area contributed by atoms with Crippen molar-refractivity contribution in [2.75, 3.05) is 13.1 Å². The average molecular weight is 391 g/mol. The zero-order valence-electron chi connectivity index (χ0n) is 14.9. The second kappa shape index (κ2) is 10.1. The lowest BCUT2D eigenvalue weighted by atomic mass is 10.1. The number of hydrogen-bond donors (Lipinski definition) is 0. The summed E-state index contributed by atoms with van der Waals surface area (Å²) in [5.41, 5.74) is 3.22. The van der Waals surface area contributed by atoms with Crippen LogP contribution >= 0.6 is 15.9 Å². The first-order valence-corrected chi connectivity index (χ1v) is 9.20. The fourth-order valence-electron chi connectivity index (χ4n) is 2.66. The van der Waals surface area contributed by atoms with Crippen LogP contribution in [0.5, 0.6) is 0 Å². The highest BCUT2D eigenvalue weighted by molar-refractivity contribution is 9.10. The molecule has 3 nitrogen and oxygen atoms in total. The van der Waals surface area contributed by atoms with Crippen molar-refractivity contribution in [2.24, 2.45) is 0 Å². The van der Waals surface area contributed by atoms with Crippen LogP contribution in [0.1, 0.15) is 32.9 Å². The Kier molecular flexibility index (Phi) is 8.55. The third-order valence-electron chi connectivity index (χ3n) is 3.65. The van der Waals surface area contributed by atoms with Crippen LogP contribution < -0.4 is 5.56 Å². The van der Waals surface area contributed by atoms with E-state index in [1.807, 2.05) is 36.6 Å². The van der Waals surface area contributed by atoms with E-state index < -0.39 is 0 Å². The fourth-order valence-corrected chi connectivity index (χ4v) is 3.07. The van der Waals surface area contributed by atoms with Crippen LogP contribution in [0.3, 0.4) is 0 Å². The molecule has 0 fully saturated rings. The maximum absolute atomic E-state index is 12.2. The molecular formula is C20H27BrN2O. The Morgan fingerprint density at radius 1 is 1.29 bits per heavy atom. The molecule has 1 aliphatic heterocycles. The second-order valence-electron chi connectivity index (χ2n) is 5.15. The molecule has 4 heteroatoms. The van der Waals surface area contributed by atoms with E-state index in [1.54, 1.807) is 12.1 Å². The van der Waals surface area contributed by atoms with Gasteiger partial charge >= 0.3 is 0 Å². The summed E-state index contributed by atoms with van der Waals surface area (Å²) in [6, 6.07) is 3.63. The van der Waals surface area contributed by atoms with Gasteiger partial charge in [0.25, 0.3) is 5.56 Å². The van der Waals surface area contributed by atoms with Crippen LogP contribution in [-0.2, 0) is 6.54 Å². The van der Waals surface area contributed by atoms with E-state index in [-0.39, 0.29) is 5.56 Å².